The number of fused-ring (bicyclic) bond motifs is 9. The number of carbonyl (C=O) groups excluding carboxylic acids is 2. The van der Waals surface area contributed by atoms with Gasteiger partial charge >= 0.3 is 11.9 Å². The Labute approximate surface area is 306 Å². The molecule has 2 aromatic heterocycles. The summed E-state index contributed by atoms with van der Waals surface area (Å²) in [5, 5.41) is 2.32. The monoisotopic (exact) mass is 704 g/mol. The smallest absolute Gasteiger partial charge is 0.319 e. The molecule has 2 aliphatic carbocycles. The minimum Gasteiger partial charge on any atom is -0.496 e. The van der Waals surface area contributed by atoms with Crippen molar-refractivity contribution < 1.29 is 23.8 Å². The Bertz CT molecular complexity index is 2110. The molecule has 1 saturated carbocycles. The number of aromatic amines is 2. The molecule has 10 rings (SSSR count). The van der Waals surface area contributed by atoms with Crippen LogP contribution in [0.1, 0.15) is 73.5 Å². The first-order chi connectivity index (χ1) is 25.3. The van der Waals surface area contributed by atoms with Crippen LogP contribution in [0, 0.1) is 23.7 Å². The van der Waals surface area contributed by atoms with Gasteiger partial charge in [-0.1, -0.05) is 43.2 Å². The molecule has 9 atom stereocenters. The third-order valence-electron chi connectivity index (χ3n) is 14.1. The van der Waals surface area contributed by atoms with Gasteiger partial charge < -0.3 is 24.2 Å². The Morgan fingerprint density at radius 2 is 1.85 bits per heavy atom. The van der Waals surface area contributed by atoms with Crippen molar-refractivity contribution in [3.63, 3.8) is 0 Å². The SMILES string of the molecule is CC=C1CN(C)[C@H]2Cc3c([nH]c4ccccc34)[C@@H](c3cc4[nH]c5c(c4cc3OC)CCN3C[C@@H]4C[C@H](CC)[C@H]3[C@@]5(C(=O)OC)C4)C[C@@H]1[C@@H]2C(=O)OC. The molecule has 2 N–H and O–H groups in total. The summed E-state index contributed by atoms with van der Waals surface area (Å²) >= 11 is 0. The molecule has 274 valence electrons. The maximum absolute atomic E-state index is 14.2. The highest BCUT2D eigenvalue weighted by Crippen LogP contribution is 2.56. The van der Waals surface area contributed by atoms with Gasteiger partial charge in [0.25, 0.3) is 0 Å². The standard InChI is InChI=1S/C43H52N4O5/c1-7-24-15-23-20-43(42(49)52-6)39-27(13-14-47(21-23)40(24)43)29-19-36(50-4)30(17-34(29)45-39)31-16-28-25(8-2)22-46(3)35(37(28)41(48)51-5)18-32-26-11-9-10-12-33(26)44-38(31)32/h8-12,17,19,23-24,28,31,35,37,40,44-45H,7,13-16,18,20-22H2,1-6H3/t23-,24+,28+,31-,35+,37+,40+,43-/m1/s1. The van der Waals surface area contributed by atoms with E-state index in [0.717, 1.165) is 85.2 Å². The van der Waals surface area contributed by atoms with Crippen LogP contribution in [0.2, 0.25) is 0 Å². The van der Waals surface area contributed by atoms with E-state index < -0.39 is 5.41 Å². The molecular weight excluding hydrogens is 652 g/mol. The molecule has 3 saturated heterocycles. The number of esters is 2. The molecule has 9 heteroatoms. The zero-order valence-electron chi connectivity index (χ0n) is 31.4. The van der Waals surface area contributed by atoms with Crippen LogP contribution in [-0.2, 0) is 37.3 Å². The molecule has 6 heterocycles. The molecule has 0 amide bonds. The van der Waals surface area contributed by atoms with E-state index in [4.69, 9.17) is 14.2 Å². The lowest BCUT2D eigenvalue weighted by Crippen LogP contribution is -2.67. The quantitative estimate of drug-likeness (QED) is 0.181. The van der Waals surface area contributed by atoms with Gasteiger partial charge in [-0.05, 0) is 93.2 Å². The molecule has 1 unspecified atom stereocenters. The number of nitrogens with zero attached hydrogens (tertiary/aromatic N) is 2. The van der Waals surface area contributed by atoms with Crippen LogP contribution >= 0.6 is 0 Å². The molecular formula is C43H52N4O5. The van der Waals surface area contributed by atoms with Crippen molar-refractivity contribution in [3.8, 4) is 5.75 Å². The average molecular weight is 705 g/mol. The minimum atomic E-state index is -0.725. The number of benzene rings is 2. The van der Waals surface area contributed by atoms with Gasteiger partial charge in [-0.15, -0.1) is 0 Å². The van der Waals surface area contributed by atoms with E-state index in [-0.39, 0.29) is 41.8 Å². The highest BCUT2D eigenvalue weighted by molar-refractivity contribution is 5.93. The lowest BCUT2D eigenvalue weighted by Gasteiger charge is -2.57. The van der Waals surface area contributed by atoms with Gasteiger partial charge in [0.05, 0.1) is 27.2 Å². The number of rotatable bonds is 5. The van der Waals surface area contributed by atoms with E-state index >= 15 is 0 Å². The third-order valence-corrected chi connectivity index (χ3v) is 14.1. The van der Waals surface area contributed by atoms with Crippen LogP contribution < -0.4 is 4.74 Å². The molecule has 4 aromatic rings. The van der Waals surface area contributed by atoms with E-state index in [2.05, 4.69) is 83.1 Å². The van der Waals surface area contributed by atoms with Crippen molar-refractivity contribution in [1.82, 2.24) is 19.8 Å². The van der Waals surface area contributed by atoms with Crippen molar-refractivity contribution in [3.05, 3.63) is 76.1 Å². The largest absolute Gasteiger partial charge is 0.496 e. The summed E-state index contributed by atoms with van der Waals surface area (Å²) in [6.45, 7) is 7.17. The normalized spacial score (nSPS) is 33.2. The number of allylic oxidation sites excluding steroid dienone is 1. The van der Waals surface area contributed by atoms with E-state index in [1.165, 1.54) is 41.3 Å². The fourth-order valence-corrected chi connectivity index (χ4v) is 12.1. The molecule has 52 heavy (non-hydrogen) atoms. The third kappa shape index (κ3) is 4.67. The van der Waals surface area contributed by atoms with E-state index in [9.17, 15) is 9.59 Å². The number of methoxy groups -OCH3 is 3. The second kappa shape index (κ2) is 12.5. The number of likely N-dealkylation sites (N-methyl/N-ethyl adjacent to an activating group) is 1. The number of H-pyrrole nitrogens is 2. The Morgan fingerprint density at radius 1 is 1.02 bits per heavy atom. The van der Waals surface area contributed by atoms with Crippen LogP contribution in [0.4, 0.5) is 0 Å². The highest BCUT2D eigenvalue weighted by Gasteiger charge is 2.62. The van der Waals surface area contributed by atoms with Gasteiger partial charge in [-0.2, -0.15) is 0 Å². The van der Waals surface area contributed by atoms with Crippen LogP contribution in [-0.4, -0.2) is 91.8 Å². The van der Waals surface area contributed by atoms with Crippen LogP contribution in [0.3, 0.4) is 0 Å². The van der Waals surface area contributed by atoms with Gasteiger partial charge in [0.2, 0.25) is 0 Å². The average Bonchev–Trinajstić information content (AvgIpc) is 3.69. The zero-order valence-corrected chi connectivity index (χ0v) is 31.4. The summed E-state index contributed by atoms with van der Waals surface area (Å²) in [6.07, 6.45) is 7.59. The number of hydrogen-bond donors (Lipinski definition) is 2. The van der Waals surface area contributed by atoms with Gasteiger partial charge in [0.15, 0.2) is 0 Å². The summed E-state index contributed by atoms with van der Waals surface area (Å²) in [5.74, 6) is 1.11. The van der Waals surface area contributed by atoms with Gasteiger partial charge in [-0.3, -0.25) is 19.4 Å². The fraction of sp³-hybridized carbons (Fsp3) is 0.535. The zero-order chi connectivity index (χ0) is 36.1. The van der Waals surface area contributed by atoms with E-state index in [1.54, 1.807) is 14.2 Å². The first-order valence-electron chi connectivity index (χ1n) is 19.3. The predicted molar refractivity (Wildman–Crippen MR) is 202 cm³/mol. The lowest BCUT2D eigenvalue weighted by molar-refractivity contribution is -0.162. The first-order valence-corrected chi connectivity index (χ1v) is 19.3. The highest BCUT2D eigenvalue weighted by atomic mass is 16.5. The van der Waals surface area contributed by atoms with E-state index in [1.807, 2.05) is 0 Å². The Balaban J connectivity index is 1.27. The van der Waals surface area contributed by atoms with Gasteiger partial charge in [0, 0.05) is 76.4 Å². The van der Waals surface area contributed by atoms with Crippen molar-refractivity contribution in [2.24, 2.45) is 23.7 Å². The topological polar surface area (TPSA) is 99.9 Å². The second-order valence-corrected chi connectivity index (χ2v) is 16.3. The van der Waals surface area contributed by atoms with Crippen LogP contribution in [0.15, 0.2) is 48.0 Å². The predicted octanol–water partition coefficient (Wildman–Crippen LogP) is 6.49. The molecule has 6 aliphatic rings. The number of ether oxygens (including phenoxy) is 3. The molecule has 6 bridgehead atoms. The minimum absolute atomic E-state index is 0.00122. The van der Waals surface area contributed by atoms with Crippen LogP contribution in [0.25, 0.3) is 21.8 Å². The Morgan fingerprint density at radius 3 is 2.60 bits per heavy atom. The summed E-state index contributed by atoms with van der Waals surface area (Å²) < 4.78 is 17.6. The number of aromatic nitrogens is 2. The van der Waals surface area contributed by atoms with Crippen LogP contribution in [0.5, 0.6) is 5.75 Å². The maximum Gasteiger partial charge on any atom is 0.319 e. The maximum atomic E-state index is 14.2. The number of nitrogens with one attached hydrogen (secondary N) is 2. The van der Waals surface area contributed by atoms with Crippen molar-refractivity contribution in [2.75, 3.05) is 48.0 Å². The first kappa shape index (κ1) is 33.7. The summed E-state index contributed by atoms with van der Waals surface area (Å²) in [5.41, 5.74) is 8.48. The summed E-state index contributed by atoms with van der Waals surface area (Å²) in [7, 11) is 6.99. The lowest BCUT2D eigenvalue weighted by atomic mass is 9.56. The molecule has 4 fully saturated rings. The van der Waals surface area contributed by atoms with Gasteiger partial charge in [-0.25, -0.2) is 0 Å². The summed E-state index contributed by atoms with van der Waals surface area (Å²) in [6, 6.07) is 13.2. The fourth-order valence-electron chi connectivity index (χ4n) is 12.1. The van der Waals surface area contributed by atoms with Crippen molar-refractivity contribution in [1.29, 1.82) is 0 Å². The number of para-hydroxylation sites is 1. The molecule has 9 nitrogen and oxygen atoms in total. The Kier molecular flexibility index (Phi) is 8.12. The number of piperidine rings is 3. The molecule has 0 radical (unpaired) electrons. The molecule has 2 aromatic carbocycles. The molecule has 0 spiro atoms. The number of likely N-dealkylation sites (tertiary alicyclic amines) is 1. The number of carbonyl (C=O) groups is 2. The van der Waals surface area contributed by atoms with Crippen molar-refractivity contribution >= 4 is 33.7 Å². The Hall–Kier alpha value is -4.08. The van der Waals surface area contributed by atoms with E-state index in [0.29, 0.717) is 11.8 Å². The summed E-state index contributed by atoms with van der Waals surface area (Å²) in [4.78, 5) is 40.8. The second-order valence-electron chi connectivity index (χ2n) is 16.3. The van der Waals surface area contributed by atoms with Crippen molar-refractivity contribution in [2.45, 2.75) is 75.8 Å². The van der Waals surface area contributed by atoms with Gasteiger partial charge in [0.1, 0.15) is 11.2 Å². The number of hydrogen-bond acceptors (Lipinski definition) is 7. The molecule has 4 aliphatic heterocycles.